The Balaban J connectivity index is 3.15. The molecule has 0 aliphatic carbocycles. The molecule has 0 fully saturated rings. The lowest BCUT2D eigenvalue weighted by Crippen LogP contribution is -2.15. The van der Waals surface area contributed by atoms with Gasteiger partial charge in [-0.15, -0.1) is 22.2 Å². The van der Waals surface area contributed by atoms with E-state index >= 15 is 0 Å². The fourth-order valence-corrected chi connectivity index (χ4v) is 2.54. The van der Waals surface area contributed by atoms with Crippen molar-refractivity contribution in [2.45, 2.75) is 25.4 Å². The van der Waals surface area contributed by atoms with Crippen LogP contribution in [0.1, 0.15) is 12.8 Å². The highest BCUT2D eigenvalue weighted by Crippen LogP contribution is 2.22. The van der Waals surface area contributed by atoms with E-state index in [9.17, 15) is 0 Å². The molecule has 0 N–H and O–H groups in total. The van der Waals surface area contributed by atoms with Gasteiger partial charge in [-0.2, -0.15) is 0 Å². The van der Waals surface area contributed by atoms with Gasteiger partial charge in [0.15, 0.2) is 0 Å². The maximum Gasteiger partial charge on any atom is 0.248 e. The van der Waals surface area contributed by atoms with Crippen LogP contribution >= 0.6 is 22.2 Å². The predicted molar refractivity (Wildman–Crippen MR) is 55.9 cm³/mol. The van der Waals surface area contributed by atoms with Crippen LogP contribution in [0.4, 0.5) is 0 Å². The lowest BCUT2D eigenvalue weighted by atomic mass is 10.3. The Morgan fingerprint density at radius 2 is 1.73 bits per heavy atom. The average Bonchev–Trinajstić information content (AvgIpc) is 1.78. The van der Waals surface area contributed by atoms with Crippen molar-refractivity contribution in [1.29, 1.82) is 0 Å². The van der Waals surface area contributed by atoms with Gasteiger partial charge in [0.1, 0.15) is 0 Å². The van der Waals surface area contributed by atoms with Gasteiger partial charge in [0, 0.05) is 0 Å². The molecule has 0 unspecified atom stereocenters. The molecule has 4 heteroatoms. The van der Waals surface area contributed by atoms with E-state index in [1.807, 2.05) is 6.55 Å². The highest BCUT2D eigenvalue weighted by molar-refractivity contribution is 7.44. The summed E-state index contributed by atoms with van der Waals surface area (Å²) < 4.78 is 0. The van der Waals surface area contributed by atoms with Crippen molar-refractivity contribution in [3.05, 3.63) is 0 Å². The number of nitrogens with zero attached hydrogens (tertiary/aromatic N) is 1. The van der Waals surface area contributed by atoms with Crippen molar-refractivity contribution < 1.29 is 0 Å². The van der Waals surface area contributed by atoms with Crippen LogP contribution in [-0.4, -0.2) is 32.2 Å². The minimum absolute atomic E-state index is 1.02. The van der Waals surface area contributed by atoms with Crippen LogP contribution in [0.5, 0.6) is 0 Å². The summed E-state index contributed by atoms with van der Waals surface area (Å²) >= 11 is 11.9. The molecule has 0 aromatic carbocycles. The minimum atomic E-state index is -1.80. The molecular formula is C7H17Cl2NSi. The molecule has 1 nitrogen and oxygen atoms in total. The molecule has 0 saturated heterocycles. The monoisotopic (exact) mass is 213 g/mol. The van der Waals surface area contributed by atoms with Crippen molar-refractivity contribution in [1.82, 2.24) is 4.90 Å². The Hall–Kier alpha value is 0.757. The second-order valence-corrected chi connectivity index (χ2v) is 11.6. The number of hydrogen-bond acceptors (Lipinski definition) is 1. The molecule has 0 aliphatic rings. The third-order valence-corrected chi connectivity index (χ3v) is 3.84. The quantitative estimate of drug-likeness (QED) is 0.386. The van der Waals surface area contributed by atoms with E-state index < -0.39 is 6.69 Å². The molecule has 0 aromatic rings. The van der Waals surface area contributed by atoms with Gasteiger partial charge in [-0.1, -0.05) is 6.42 Å². The maximum absolute atomic E-state index is 5.94. The molecule has 0 aliphatic heterocycles. The highest BCUT2D eigenvalue weighted by atomic mass is 35.7. The summed E-state index contributed by atoms with van der Waals surface area (Å²) in [5.74, 6) is 0. The topological polar surface area (TPSA) is 3.24 Å². The van der Waals surface area contributed by atoms with E-state index in [0.29, 0.717) is 0 Å². The Bertz CT molecular complexity index is 101. The highest BCUT2D eigenvalue weighted by Gasteiger charge is 2.19. The van der Waals surface area contributed by atoms with Crippen molar-refractivity contribution >= 4 is 28.9 Å². The van der Waals surface area contributed by atoms with E-state index in [4.69, 9.17) is 22.2 Å². The fraction of sp³-hybridized carbons (Fsp3) is 1.00. The van der Waals surface area contributed by atoms with E-state index in [2.05, 4.69) is 19.0 Å². The molecule has 0 atom stereocenters. The van der Waals surface area contributed by atoms with Crippen LogP contribution in [0.3, 0.4) is 0 Å². The lowest BCUT2D eigenvalue weighted by Gasteiger charge is -2.11. The Labute approximate surface area is 80.1 Å². The first-order chi connectivity index (χ1) is 4.92. The minimum Gasteiger partial charge on any atom is -0.309 e. The molecule has 0 heterocycles. The lowest BCUT2D eigenvalue weighted by molar-refractivity contribution is 0.398. The van der Waals surface area contributed by atoms with Crippen LogP contribution in [-0.2, 0) is 0 Å². The van der Waals surface area contributed by atoms with Crippen molar-refractivity contribution in [2.24, 2.45) is 0 Å². The van der Waals surface area contributed by atoms with Crippen LogP contribution in [0.2, 0.25) is 12.6 Å². The first kappa shape index (κ1) is 11.8. The van der Waals surface area contributed by atoms with Crippen LogP contribution in [0.15, 0.2) is 0 Å². The molecule has 0 spiro atoms. The summed E-state index contributed by atoms with van der Waals surface area (Å²) in [6, 6.07) is 1.02. The standard InChI is InChI=1S/C7H17Cl2NSi/c1-10(2)6-4-5-7-11(3,8)9/h4-7H2,1-3H3. The van der Waals surface area contributed by atoms with Gasteiger partial charge < -0.3 is 4.90 Å². The van der Waals surface area contributed by atoms with E-state index in [-0.39, 0.29) is 0 Å². The average molecular weight is 214 g/mol. The summed E-state index contributed by atoms with van der Waals surface area (Å²) in [5.41, 5.74) is 0. The summed E-state index contributed by atoms with van der Waals surface area (Å²) in [5, 5.41) is 0. The zero-order valence-corrected chi connectivity index (χ0v) is 10.0. The SMILES string of the molecule is CN(C)CCCC[Si](C)(Cl)Cl. The fourth-order valence-electron chi connectivity index (χ4n) is 0.863. The van der Waals surface area contributed by atoms with E-state index in [1.54, 1.807) is 0 Å². The largest absolute Gasteiger partial charge is 0.309 e. The van der Waals surface area contributed by atoms with Gasteiger partial charge in [0.25, 0.3) is 0 Å². The molecule has 0 saturated carbocycles. The first-order valence-corrected chi connectivity index (χ1v) is 8.67. The zero-order valence-electron chi connectivity index (χ0n) is 7.53. The molecule has 11 heavy (non-hydrogen) atoms. The molecular weight excluding hydrogens is 197 g/mol. The Morgan fingerprint density at radius 3 is 2.09 bits per heavy atom. The third-order valence-electron chi connectivity index (χ3n) is 1.47. The molecule has 0 aromatic heterocycles. The van der Waals surface area contributed by atoms with Gasteiger partial charge in [-0.25, -0.2) is 0 Å². The first-order valence-electron chi connectivity index (χ1n) is 3.94. The van der Waals surface area contributed by atoms with E-state index in [0.717, 1.165) is 19.0 Å². The summed E-state index contributed by atoms with van der Waals surface area (Å²) in [6.45, 7) is 1.31. The third kappa shape index (κ3) is 10.8. The number of halogens is 2. The molecule has 68 valence electrons. The summed E-state index contributed by atoms with van der Waals surface area (Å²) in [6.07, 6.45) is 2.36. The predicted octanol–water partition coefficient (Wildman–Crippen LogP) is 2.88. The number of rotatable bonds is 5. The van der Waals surface area contributed by atoms with Gasteiger partial charge in [0.05, 0.1) is 0 Å². The molecule has 0 amide bonds. The second kappa shape index (κ2) is 5.41. The molecule has 0 rings (SSSR count). The van der Waals surface area contributed by atoms with Gasteiger partial charge in [-0.3, -0.25) is 0 Å². The molecule has 0 radical (unpaired) electrons. The van der Waals surface area contributed by atoms with Gasteiger partial charge in [-0.05, 0) is 39.7 Å². The zero-order chi connectivity index (χ0) is 8.91. The normalized spacial score (nSPS) is 12.5. The van der Waals surface area contributed by atoms with Crippen LogP contribution in [0.25, 0.3) is 0 Å². The number of unbranched alkanes of at least 4 members (excludes halogenated alkanes) is 1. The van der Waals surface area contributed by atoms with Crippen molar-refractivity contribution in [3.63, 3.8) is 0 Å². The van der Waals surface area contributed by atoms with Gasteiger partial charge >= 0.3 is 0 Å². The van der Waals surface area contributed by atoms with Gasteiger partial charge in [0.2, 0.25) is 6.69 Å². The Kier molecular flexibility index (Phi) is 5.78. The van der Waals surface area contributed by atoms with E-state index in [1.165, 1.54) is 6.42 Å². The summed E-state index contributed by atoms with van der Waals surface area (Å²) in [4.78, 5) is 2.18. The van der Waals surface area contributed by atoms with Crippen molar-refractivity contribution in [2.75, 3.05) is 20.6 Å². The number of hydrogen-bond donors (Lipinski definition) is 0. The smallest absolute Gasteiger partial charge is 0.248 e. The second-order valence-electron chi connectivity index (χ2n) is 3.33. The maximum atomic E-state index is 5.94. The van der Waals surface area contributed by atoms with Crippen molar-refractivity contribution in [3.8, 4) is 0 Å². The Morgan fingerprint density at radius 1 is 1.18 bits per heavy atom. The van der Waals surface area contributed by atoms with Crippen LogP contribution in [0, 0.1) is 0 Å². The molecule has 0 bridgehead atoms. The summed E-state index contributed by atoms with van der Waals surface area (Å²) in [7, 11) is 4.16. The van der Waals surface area contributed by atoms with Crippen LogP contribution < -0.4 is 0 Å².